The van der Waals surface area contributed by atoms with Crippen molar-refractivity contribution in [1.29, 1.82) is 0 Å². The summed E-state index contributed by atoms with van der Waals surface area (Å²) in [6.45, 7) is 4.78. The summed E-state index contributed by atoms with van der Waals surface area (Å²) in [7, 11) is 0. The Kier molecular flexibility index (Phi) is 3.49. The van der Waals surface area contributed by atoms with E-state index in [9.17, 15) is 0 Å². The Balaban J connectivity index is 2.13. The molecule has 0 aliphatic carbocycles. The van der Waals surface area contributed by atoms with Gasteiger partial charge >= 0.3 is 0 Å². The second-order valence-corrected chi connectivity index (χ2v) is 4.32. The minimum absolute atomic E-state index is 0.145. The number of tetrazole rings is 1. The van der Waals surface area contributed by atoms with Crippen molar-refractivity contribution >= 4 is 0 Å². The molecule has 2 rings (SSSR count). The summed E-state index contributed by atoms with van der Waals surface area (Å²) < 4.78 is 1.78. The van der Waals surface area contributed by atoms with E-state index in [4.69, 9.17) is 5.73 Å². The molecule has 0 amide bonds. The molecule has 0 aliphatic heterocycles. The van der Waals surface area contributed by atoms with Crippen LogP contribution in [0.5, 0.6) is 0 Å². The van der Waals surface area contributed by atoms with Crippen LogP contribution in [0.1, 0.15) is 37.2 Å². The second-order valence-electron chi connectivity index (χ2n) is 4.32. The van der Waals surface area contributed by atoms with Crippen molar-refractivity contribution in [3.63, 3.8) is 0 Å². The first kappa shape index (κ1) is 11.7. The number of hydrogen-bond acceptors (Lipinski definition) is 4. The van der Waals surface area contributed by atoms with E-state index in [1.54, 1.807) is 4.68 Å². The number of benzene rings is 1. The van der Waals surface area contributed by atoms with Gasteiger partial charge in [-0.1, -0.05) is 37.3 Å². The number of aromatic nitrogens is 4. The van der Waals surface area contributed by atoms with Crippen LogP contribution in [0.25, 0.3) is 0 Å². The summed E-state index contributed by atoms with van der Waals surface area (Å²) in [6.07, 6.45) is 0. The third-order valence-corrected chi connectivity index (χ3v) is 2.78. The van der Waals surface area contributed by atoms with Crippen molar-refractivity contribution < 1.29 is 0 Å². The molecule has 0 radical (unpaired) electrons. The predicted molar refractivity (Wildman–Crippen MR) is 65.3 cm³/mol. The van der Waals surface area contributed by atoms with Crippen molar-refractivity contribution in [2.75, 3.05) is 0 Å². The van der Waals surface area contributed by atoms with Gasteiger partial charge in [0.1, 0.15) is 0 Å². The van der Waals surface area contributed by atoms with Crippen LogP contribution in [0.15, 0.2) is 30.3 Å². The van der Waals surface area contributed by atoms with Crippen LogP contribution < -0.4 is 5.73 Å². The van der Waals surface area contributed by atoms with Gasteiger partial charge in [0, 0.05) is 5.92 Å². The summed E-state index contributed by atoms with van der Waals surface area (Å²) in [5.41, 5.74) is 7.09. The first-order chi connectivity index (χ1) is 8.18. The lowest BCUT2D eigenvalue weighted by Crippen LogP contribution is -2.17. The molecule has 0 fully saturated rings. The quantitative estimate of drug-likeness (QED) is 0.865. The van der Waals surface area contributed by atoms with Gasteiger partial charge in [0.25, 0.3) is 0 Å². The fraction of sp³-hybridized carbons (Fsp3) is 0.417. The van der Waals surface area contributed by atoms with Gasteiger partial charge in [0.15, 0.2) is 5.82 Å². The molecule has 2 unspecified atom stereocenters. The predicted octanol–water partition coefficient (Wildman–Crippen LogP) is 1.50. The average Bonchev–Trinajstić information content (AvgIpc) is 2.78. The molecule has 0 saturated heterocycles. The molecule has 2 aromatic rings. The van der Waals surface area contributed by atoms with E-state index in [1.807, 2.05) is 25.1 Å². The largest absolute Gasteiger partial charge is 0.322 e. The monoisotopic (exact) mass is 231 g/mol. The molecule has 2 atom stereocenters. The highest BCUT2D eigenvalue weighted by atomic mass is 15.5. The van der Waals surface area contributed by atoms with Crippen molar-refractivity contribution in [1.82, 2.24) is 20.2 Å². The van der Waals surface area contributed by atoms with Crippen LogP contribution in [0.4, 0.5) is 0 Å². The lowest BCUT2D eigenvalue weighted by molar-refractivity contribution is 0.495. The van der Waals surface area contributed by atoms with E-state index in [1.165, 1.54) is 5.56 Å². The highest BCUT2D eigenvalue weighted by Gasteiger charge is 2.13. The van der Waals surface area contributed by atoms with Crippen LogP contribution in [-0.4, -0.2) is 20.2 Å². The zero-order chi connectivity index (χ0) is 12.3. The molecular weight excluding hydrogens is 214 g/mol. The van der Waals surface area contributed by atoms with E-state index in [0.717, 1.165) is 12.4 Å². The van der Waals surface area contributed by atoms with Crippen LogP contribution in [0.3, 0.4) is 0 Å². The van der Waals surface area contributed by atoms with Crippen molar-refractivity contribution in [3.8, 4) is 0 Å². The highest BCUT2D eigenvalue weighted by Crippen LogP contribution is 2.17. The molecule has 90 valence electrons. The smallest absolute Gasteiger partial charge is 0.167 e. The van der Waals surface area contributed by atoms with E-state index in [0.29, 0.717) is 5.92 Å². The SMILES string of the molecule is CC(N)c1nnnn1CC(C)c1ccccc1. The Labute approximate surface area is 101 Å². The molecule has 0 bridgehead atoms. The lowest BCUT2D eigenvalue weighted by Gasteiger charge is -2.13. The maximum absolute atomic E-state index is 5.81. The Morgan fingerprint density at radius 1 is 1.24 bits per heavy atom. The van der Waals surface area contributed by atoms with Gasteiger partial charge in [-0.2, -0.15) is 0 Å². The summed E-state index contributed by atoms with van der Waals surface area (Å²) in [5, 5.41) is 11.6. The summed E-state index contributed by atoms with van der Waals surface area (Å²) in [6, 6.07) is 10.2. The van der Waals surface area contributed by atoms with Crippen LogP contribution in [0.2, 0.25) is 0 Å². The third-order valence-electron chi connectivity index (χ3n) is 2.78. The molecule has 5 heteroatoms. The molecule has 1 aromatic heterocycles. The molecule has 1 heterocycles. The third kappa shape index (κ3) is 2.68. The minimum atomic E-state index is -0.145. The molecular formula is C12H17N5. The number of nitrogens with zero attached hydrogens (tertiary/aromatic N) is 4. The Morgan fingerprint density at radius 3 is 2.59 bits per heavy atom. The van der Waals surface area contributed by atoms with Gasteiger partial charge in [-0.3, -0.25) is 0 Å². The first-order valence-corrected chi connectivity index (χ1v) is 5.75. The van der Waals surface area contributed by atoms with E-state index in [-0.39, 0.29) is 6.04 Å². The first-order valence-electron chi connectivity index (χ1n) is 5.75. The fourth-order valence-corrected chi connectivity index (χ4v) is 1.81. The van der Waals surface area contributed by atoms with Gasteiger partial charge in [-0.25, -0.2) is 4.68 Å². The Hall–Kier alpha value is -1.75. The average molecular weight is 231 g/mol. The minimum Gasteiger partial charge on any atom is -0.322 e. The second kappa shape index (κ2) is 5.05. The summed E-state index contributed by atoms with van der Waals surface area (Å²) in [5.74, 6) is 1.09. The maximum Gasteiger partial charge on any atom is 0.167 e. The number of nitrogens with two attached hydrogens (primary N) is 1. The topological polar surface area (TPSA) is 69.6 Å². The van der Waals surface area contributed by atoms with Crippen LogP contribution >= 0.6 is 0 Å². The maximum atomic E-state index is 5.81. The molecule has 0 spiro atoms. The summed E-state index contributed by atoms with van der Waals surface area (Å²) in [4.78, 5) is 0. The molecule has 1 aromatic carbocycles. The number of rotatable bonds is 4. The molecule has 0 saturated carbocycles. The van der Waals surface area contributed by atoms with Gasteiger partial charge in [0.2, 0.25) is 0 Å². The number of hydrogen-bond donors (Lipinski definition) is 1. The fourth-order valence-electron chi connectivity index (χ4n) is 1.81. The molecule has 5 nitrogen and oxygen atoms in total. The normalized spacial score (nSPS) is 14.5. The highest BCUT2D eigenvalue weighted by molar-refractivity contribution is 5.18. The van der Waals surface area contributed by atoms with Crippen molar-refractivity contribution in [2.45, 2.75) is 32.4 Å². The zero-order valence-electron chi connectivity index (χ0n) is 10.1. The van der Waals surface area contributed by atoms with E-state index < -0.39 is 0 Å². The molecule has 17 heavy (non-hydrogen) atoms. The van der Waals surface area contributed by atoms with Crippen LogP contribution in [-0.2, 0) is 6.54 Å². The van der Waals surface area contributed by atoms with Gasteiger partial charge in [0.05, 0.1) is 12.6 Å². The van der Waals surface area contributed by atoms with Gasteiger partial charge < -0.3 is 5.73 Å². The van der Waals surface area contributed by atoms with Gasteiger partial charge in [-0.15, -0.1) is 5.10 Å². The Bertz CT molecular complexity index is 463. The standard InChI is InChI=1S/C12H17N5/c1-9(11-6-4-3-5-7-11)8-17-12(10(2)13)14-15-16-17/h3-7,9-10H,8,13H2,1-2H3. The van der Waals surface area contributed by atoms with Crippen molar-refractivity contribution in [2.24, 2.45) is 5.73 Å². The molecule has 0 aliphatic rings. The molecule has 2 N–H and O–H groups in total. The lowest BCUT2D eigenvalue weighted by atomic mass is 10.0. The van der Waals surface area contributed by atoms with E-state index >= 15 is 0 Å². The summed E-state index contributed by atoms with van der Waals surface area (Å²) >= 11 is 0. The van der Waals surface area contributed by atoms with Gasteiger partial charge in [-0.05, 0) is 22.9 Å². The zero-order valence-corrected chi connectivity index (χ0v) is 10.1. The van der Waals surface area contributed by atoms with Crippen molar-refractivity contribution in [3.05, 3.63) is 41.7 Å². The Morgan fingerprint density at radius 2 is 1.94 bits per heavy atom. The van der Waals surface area contributed by atoms with Crippen LogP contribution in [0, 0.1) is 0 Å². The van der Waals surface area contributed by atoms with E-state index in [2.05, 4.69) is 34.6 Å².